The van der Waals surface area contributed by atoms with Crippen LogP contribution in [0.15, 0.2) is 49.1 Å². The Morgan fingerprint density at radius 3 is 2.25 bits per heavy atom. The van der Waals surface area contributed by atoms with Gasteiger partial charge in [0.05, 0.1) is 0 Å². The van der Waals surface area contributed by atoms with Crippen LogP contribution in [0.25, 0.3) is 6.08 Å². The second-order valence-corrected chi connectivity index (χ2v) is 7.22. The van der Waals surface area contributed by atoms with Crippen molar-refractivity contribution in [1.29, 1.82) is 0 Å². The zero-order chi connectivity index (χ0) is 12.1. The van der Waals surface area contributed by atoms with E-state index in [2.05, 4.69) is 6.58 Å². The molecule has 0 aliphatic carbocycles. The summed E-state index contributed by atoms with van der Waals surface area (Å²) in [6.45, 7) is 3.39. The van der Waals surface area contributed by atoms with Crippen LogP contribution in [-0.2, 0) is 0 Å². The molecule has 0 bridgehead atoms. The van der Waals surface area contributed by atoms with Crippen molar-refractivity contribution in [3.63, 3.8) is 0 Å². The molecular formula is C12H17O3P. The minimum absolute atomic E-state index is 0.146. The number of benzene rings is 1. The topological polar surface area (TPSA) is 60.7 Å². The van der Waals surface area contributed by atoms with Gasteiger partial charge in [0.25, 0.3) is 0 Å². The van der Waals surface area contributed by atoms with Gasteiger partial charge in [0, 0.05) is 0 Å². The van der Waals surface area contributed by atoms with E-state index in [1.807, 2.05) is 30.3 Å². The summed E-state index contributed by atoms with van der Waals surface area (Å²) in [5, 5.41) is 0. The Labute approximate surface area is 95.6 Å². The quantitative estimate of drug-likeness (QED) is 0.546. The van der Waals surface area contributed by atoms with Crippen LogP contribution in [0.3, 0.4) is 0 Å². The van der Waals surface area contributed by atoms with Crippen LogP contribution in [0.4, 0.5) is 0 Å². The molecule has 0 aliphatic heterocycles. The van der Waals surface area contributed by atoms with Crippen LogP contribution in [0.1, 0.15) is 5.56 Å². The number of hydrogen-bond acceptors (Lipinski definition) is 3. The molecule has 0 heterocycles. The normalized spacial score (nSPS) is 14.6. The van der Waals surface area contributed by atoms with Crippen molar-refractivity contribution in [2.24, 2.45) is 0 Å². The fourth-order valence-electron chi connectivity index (χ4n) is 1.31. The molecule has 0 atom stereocenters. The molecule has 88 valence electrons. The molecule has 1 aromatic rings. The SMILES string of the molecule is C=CCP(O)(O)(O)CC=Cc1ccccc1. The summed E-state index contributed by atoms with van der Waals surface area (Å²) in [5.74, 6) is 0. The summed E-state index contributed by atoms with van der Waals surface area (Å²) in [4.78, 5) is 28.7. The molecule has 0 fully saturated rings. The van der Waals surface area contributed by atoms with E-state index in [1.165, 1.54) is 6.08 Å². The van der Waals surface area contributed by atoms with E-state index < -0.39 is 7.28 Å². The molecule has 0 spiro atoms. The third-order valence-electron chi connectivity index (χ3n) is 2.09. The third-order valence-corrected chi connectivity index (χ3v) is 4.06. The zero-order valence-electron chi connectivity index (χ0n) is 9.03. The molecule has 0 radical (unpaired) electrons. The van der Waals surface area contributed by atoms with E-state index >= 15 is 0 Å². The Morgan fingerprint density at radius 1 is 1.06 bits per heavy atom. The first-order valence-electron chi connectivity index (χ1n) is 4.99. The molecule has 1 rings (SSSR count). The van der Waals surface area contributed by atoms with Crippen molar-refractivity contribution < 1.29 is 14.7 Å². The molecule has 0 saturated carbocycles. The van der Waals surface area contributed by atoms with E-state index in [0.29, 0.717) is 0 Å². The number of allylic oxidation sites excluding steroid dienone is 2. The van der Waals surface area contributed by atoms with Gasteiger partial charge in [0.15, 0.2) is 0 Å². The first-order valence-corrected chi connectivity index (χ1v) is 7.45. The Bertz CT molecular complexity index is 376. The minimum atomic E-state index is -4.53. The Hall–Kier alpha value is -0.990. The molecule has 0 amide bonds. The van der Waals surface area contributed by atoms with Crippen LogP contribution < -0.4 is 0 Å². The summed E-state index contributed by atoms with van der Waals surface area (Å²) in [7, 11) is -4.53. The zero-order valence-corrected chi connectivity index (χ0v) is 9.92. The van der Waals surface area contributed by atoms with Gasteiger partial charge in [-0.1, -0.05) is 0 Å². The van der Waals surface area contributed by atoms with E-state index in [9.17, 15) is 14.7 Å². The van der Waals surface area contributed by atoms with Gasteiger partial charge in [-0.3, -0.25) is 0 Å². The maximum atomic E-state index is 9.58. The summed E-state index contributed by atoms with van der Waals surface area (Å²) < 4.78 is 0. The predicted molar refractivity (Wildman–Crippen MR) is 69.0 cm³/mol. The molecule has 0 unspecified atom stereocenters. The molecule has 4 heteroatoms. The fourth-order valence-corrected chi connectivity index (χ4v) is 2.52. The first-order chi connectivity index (χ1) is 7.41. The average Bonchev–Trinajstić information content (AvgIpc) is 2.17. The predicted octanol–water partition coefficient (Wildman–Crippen LogP) is 2.16. The third kappa shape index (κ3) is 4.69. The molecular weight excluding hydrogens is 223 g/mol. The molecule has 0 aromatic heterocycles. The Morgan fingerprint density at radius 2 is 1.69 bits per heavy atom. The van der Waals surface area contributed by atoms with Crippen LogP contribution in [0.5, 0.6) is 0 Å². The van der Waals surface area contributed by atoms with Crippen molar-refractivity contribution in [1.82, 2.24) is 0 Å². The average molecular weight is 240 g/mol. The Kier molecular flexibility index (Phi) is 4.00. The van der Waals surface area contributed by atoms with Gasteiger partial charge in [-0.05, 0) is 0 Å². The van der Waals surface area contributed by atoms with Crippen molar-refractivity contribution in [3.8, 4) is 0 Å². The summed E-state index contributed by atoms with van der Waals surface area (Å²) in [6.07, 6.45) is 4.30. The van der Waals surface area contributed by atoms with E-state index in [-0.39, 0.29) is 12.3 Å². The molecule has 16 heavy (non-hydrogen) atoms. The van der Waals surface area contributed by atoms with Crippen LogP contribution >= 0.6 is 7.28 Å². The molecule has 3 nitrogen and oxygen atoms in total. The van der Waals surface area contributed by atoms with Crippen molar-refractivity contribution in [2.75, 3.05) is 12.3 Å². The van der Waals surface area contributed by atoms with Crippen molar-refractivity contribution in [2.45, 2.75) is 0 Å². The van der Waals surface area contributed by atoms with Gasteiger partial charge < -0.3 is 0 Å². The van der Waals surface area contributed by atoms with Crippen molar-refractivity contribution in [3.05, 3.63) is 54.6 Å². The maximum absolute atomic E-state index is 9.58. The second-order valence-electron chi connectivity index (χ2n) is 3.81. The van der Waals surface area contributed by atoms with Gasteiger partial charge in [-0.25, -0.2) is 0 Å². The van der Waals surface area contributed by atoms with Crippen molar-refractivity contribution >= 4 is 13.4 Å². The Balaban J connectivity index is 2.64. The standard InChI is InChI=1S/C12H17O3P/c1-2-10-16(13,14,15)11-6-9-12-7-4-3-5-8-12/h2-9,13-15H,1,10-11H2. The van der Waals surface area contributed by atoms with Crippen LogP contribution in [0.2, 0.25) is 0 Å². The molecule has 1 aromatic carbocycles. The summed E-state index contributed by atoms with van der Waals surface area (Å²) in [6, 6.07) is 9.47. The van der Waals surface area contributed by atoms with Gasteiger partial charge in [0.2, 0.25) is 0 Å². The van der Waals surface area contributed by atoms with E-state index in [0.717, 1.165) is 5.56 Å². The fraction of sp³-hybridized carbons (Fsp3) is 0.167. The monoisotopic (exact) mass is 240 g/mol. The van der Waals surface area contributed by atoms with Crippen LogP contribution in [-0.4, -0.2) is 27.0 Å². The van der Waals surface area contributed by atoms with Gasteiger partial charge in [-0.2, -0.15) is 0 Å². The molecule has 0 aliphatic rings. The van der Waals surface area contributed by atoms with Crippen LogP contribution in [0, 0.1) is 0 Å². The van der Waals surface area contributed by atoms with E-state index in [1.54, 1.807) is 12.2 Å². The molecule has 0 saturated heterocycles. The van der Waals surface area contributed by atoms with E-state index in [4.69, 9.17) is 0 Å². The number of hydrogen-bond donors (Lipinski definition) is 3. The van der Waals surface area contributed by atoms with Gasteiger partial charge >= 0.3 is 95.0 Å². The molecule has 3 N–H and O–H groups in total. The number of rotatable bonds is 5. The van der Waals surface area contributed by atoms with Gasteiger partial charge in [-0.15, -0.1) is 0 Å². The first kappa shape index (κ1) is 13.1. The summed E-state index contributed by atoms with van der Waals surface area (Å²) >= 11 is 0. The van der Waals surface area contributed by atoms with Gasteiger partial charge in [0.1, 0.15) is 0 Å². The summed E-state index contributed by atoms with van der Waals surface area (Å²) in [5.41, 5.74) is 0.952. The second kappa shape index (κ2) is 4.89.